The molecule has 0 fully saturated rings. The molecule has 2 aromatic carbocycles. The lowest BCUT2D eigenvalue weighted by atomic mass is 10.2. The summed E-state index contributed by atoms with van der Waals surface area (Å²) in [7, 11) is 0. The van der Waals surface area contributed by atoms with E-state index in [-0.39, 0.29) is 10.8 Å². The monoisotopic (exact) mass is 410 g/mol. The first-order valence-electron chi connectivity index (χ1n) is 7.74. The number of rotatable bonds is 7. The molecule has 7 nitrogen and oxygen atoms in total. The molecule has 0 heterocycles. The van der Waals surface area contributed by atoms with Crippen LogP contribution in [-0.4, -0.2) is 30.5 Å². The van der Waals surface area contributed by atoms with Crippen molar-refractivity contribution < 1.29 is 23.9 Å². The van der Waals surface area contributed by atoms with E-state index in [0.717, 1.165) is 0 Å². The molecule has 2 amide bonds. The molecule has 142 valence electrons. The Bertz CT molecular complexity index is 855. The van der Waals surface area contributed by atoms with E-state index < -0.39 is 30.5 Å². The maximum atomic E-state index is 12.0. The number of esters is 1. The molecule has 1 atom stereocenters. The fourth-order valence-corrected chi connectivity index (χ4v) is 2.43. The van der Waals surface area contributed by atoms with E-state index in [2.05, 4.69) is 5.32 Å². The zero-order valence-corrected chi connectivity index (χ0v) is 15.7. The summed E-state index contributed by atoms with van der Waals surface area (Å²) in [5.41, 5.74) is 5.88. The molecule has 3 N–H and O–H groups in total. The first-order valence-corrected chi connectivity index (χ1v) is 8.50. The van der Waals surface area contributed by atoms with Crippen LogP contribution in [0.2, 0.25) is 10.0 Å². The number of amides is 2. The zero-order valence-electron chi connectivity index (χ0n) is 14.2. The van der Waals surface area contributed by atoms with Gasteiger partial charge in [-0.25, -0.2) is 4.79 Å². The number of hydrogen-bond acceptors (Lipinski definition) is 5. The highest BCUT2D eigenvalue weighted by Gasteiger charge is 2.19. The van der Waals surface area contributed by atoms with Gasteiger partial charge in [-0.2, -0.15) is 0 Å². The van der Waals surface area contributed by atoms with Gasteiger partial charge in [0.15, 0.2) is 12.7 Å². The second-order valence-corrected chi connectivity index (χ2v) is 6.28. The molecule has 9 heteroatoms. The average Bonchev–Trinajstić information content (AvgIpc) is 2.62. The van der Waals surface area contributed by atoms with E-state index in [1.54, 1.807) is 6.07 Å². The van der Waals surface area contributed by atoms with Gasteiger partial charge in [0.05, 0.1) is 5.02 Å². The van der Waals surface area contributed by atoms with Gasteiger partial charge in [-0.15, -0.1) is 0 Å². The predicted molar refractivity (Wildman–Crippen MR) is 101 cm³/mol. The Kier molecular flexibility index (Phi) is 7.04. The van der Waals surface area contributed by atoms with Crippen LogP contribution in [0.4, 0.5) is 5.69 Å². The molecule has 0 aliphatic heterocycles. The largest absolute Gasteiger partial charge is 0.477 e. The fourth-order valence-electron chi connectivity index (χ4n) is 1.98. The normalized spacial score (nSPS) is 11.4. The molecular weight excluding hydrogens is 395 g/mol. The maximum absolute atomic E-state index is 12.0. The summed E-state index contributed by atoms with van der Waals surface area (Å²) in [6.07, 6.45) is -0.980. The quantitative estimate of drug-likeness (QED) is 0.681. The molecule has 0 unspecified atom stereocenters. The van der Waals surface area contributed by atoms with Crippen LogP contribution >= 0.6 is 23.2 Å². The summed E-state index contributed by atoms with van der Waals surface area (Å²) in [5.74, 6) is -1.59. The van der Waals surface area contributed by atoms with Crippen LogP contribution in [0.5, 0.6) is 5.75 Å². The molecule has 0 aliphatic rings. The number of nitrogens with one attached hydrogen (secondary N) is 1. The molecule has 0 radical (unpaired) electrons. The highest BCUT2D eigenvalue weighted by molar-refractivity contribution is 6.35. The zero-order chi connectivity index (χ0) is 20.0. The van der Waals surface area contributed by atoms with Gasteiger partial charge >= 0.3 is 5.97 Å². The van der Waals surface area contributed by atoms with Gasteiger partial charge < -0.3 is 20.5 Å². The second-order valence-electron chi connectivity index (χ2n) is 5.43. The Morgan fingerprint density at radius 2 is 1.78 bits per heavy atom. The lowest BCUT2D eigenvalue weighted by molar-refractivity contribution is -0.153. The van der Waals surface area contributed by atoms with Crippen LogP contribution in [-0.2, 0) is 14.3 Å². The van der Waals surface area contributed by atoms with Crippen LogP contribution < -0.4 is 15.8 Å². The standard InChI is InChI=1S/C18H16Cl2N2O5/c1-10(27-15-7-4-12(19)8-14(15)20)18(25)26-9-16(23)22-13-5-2-11(3-6-13)17(21)24/h2-8,10H,9H2,1H3,(H2,21,24)(H,22,23)/t10-/m0/s1. The van der Waals surface area contributed by atoms with Gasteiger partial charge in [-0.1, -0.05) is 23.2 Å². The molecule has 0 spiro atoms. The molecule has 0 saturated heterocycles. The average molecular weight is 411 g/mol. The van der Waals surface area contributed by atoms with Crippen molar-refractivity contribution >= 4 is 46.7 Å². The molecule has 0 aliphatic carbocycles. The van der Waals surface area contributed by atoms with Crippen molar-refractivity contribution in [2.45, 2.75) is 13.0 Å². The van der Waals surface area contributed by atoms with Crippen LogP contribution in [0.1, 0.15) is 17.3 Å². The molecule has 2 rings (SSSR count). The van der Waals surface area contributed by atoms with Gasteiger partial charge in [-0.05, 0) is 49.4 Å². The number of nitrogens with two attached hydrogens (primary N) is 1. The van der Waals surface area contributed by atoms with E-state index >= 15 is 0 Å². The van der Waals surface area contributed by atoms with Crippen molar-refractivity contribution in [3.8, 4) is 5.75 Å². The van der Waals surface area contributed by atoms with Gasteiger partial charge in [0.25, 0.3) is 5.91 Å². The molecular formula is C18H16Cl2N2O5. The third kappa shape index (κ3) is 6.16. The number of carbonyl (C=O) groups excluding carboxylic acids is 3. The Hall–Kier alpha value is -2.77. The summed E-state index contributed by atoms with van der Waals surface area (Å²) >= 11 is 11.8. The lowest BCUT2D eigenvalue weighted by Crippen LogP contribution is -2.29. The van der Waals surface area contributed by atoms with Crippen molar-refractivity contribution in [2.75, 3.05) is 11.9 Å². The molecule has 0 bridgehead atoms. The second kappa shape index (κ2) is 9.25. The molecule has 0 aromatic heterocycles. The highest BCUT2D eigenvalue weighted by atomic mass is 35.5. The Morgan fingerprint density at radius 3 is 2.37 bits per heavy atom. The fraction of sp³-hybridized carbons (Fsp3) is 0.167. The Balaban J connectivity index is 1.83. The smallest absolute Gasteiger partial charge is 0.347 e. The summed E-state index contributed by atoms with van der Waals surface area (Å²) < 4.78 is 10.3. The van der Waals surface area contributed by atoms with E-state index in [9.17, 15) is 14.4 Å². The van der Waals surface area contributed by atoms with E-state index in [1.165, 1.54) is 43.3 Å². The van der Waals surface area contributed by atoms with Crippen molar-refractivity contribution in [3.63, 3.8) is 0 Å². The lowest BCUT2D eigenvalue weighted by Gasteiger charge is -2.15. The molecule has 2 aromatic rings. The van der Waals surface area contributed by atoms with E-state index in [0.29, 0.717) is 16.3 Å². The minimum absolute atomic E-state index is 0.249. The van der Waals surface area contributed by atoms with E-state index in [4.69, 9.17) is 38.4 Å². The van der Waals surface area contributed by atoms with Gasteiger partial charge in [-0.3, -0.25) is 9.59 Å². The highest BCUT2D eigenvalue weighted by Crippen LogP contribution is 2.28. The van der Waals surface area contributed by atoms with Gasteiger partial charge in [0.1, 0.15) is 5.75 Å². The summed E-state index contributed by atoms with van der Waals surface area (Å²) in [4.78, 5) is 34.8. The van der Waals surface area contributed by atoms with Crippen LogP contribution in [0.3, 0.4) is 0 Å². The number of carbonyl (C=O) groups is 3. The number of hydrogen-bond donors (Lipinski definition) is 2. The van der Waals surface area contributed by atoms with Crippen molar-refractivity contribution in [1.82, 2.24) is 0 Å². The molecule has 0 saturated carbocycles. The number of anilines is 1. The number of halogens is 2. The first kappa shape index (κ1) is 20.5. The van der Waals surface area contributed by atoms with Crippen LogP contribution in [0.25, 0.3) is 0 Å². The number of primary amides is 1. The van der Waals surface area contributed by atoms with Gasteiger partial charge in [0.2, 0.25) is 5.91 Å². The Labute approximate surface area is 165 Å². The first-order chi connectivity index (χ1) is 12.8. The summed E-state index contributed by atoms with van der Waals surface area (Å²) in [6.45, 7) is 0.964. The van der Waals surface area contributed by atoms with Crippen molar-refractivity contribution in [1.29, 1.82) is 0 Å². The molecule has 27 heavy (non-hydrogen) atoms. The SMILES string of the molecule is C[C@H](Oc1ccc(Cl)cc1Cl)C(=O)OCC(=O)Nc1ccc(C(N)=O)cc1. The van der Waals surface area contributed by atoms with Crippen molar-refractivity contribution in [3.05, 3.63) is 58.1 Å². The maximum Gasteiger partial charge on any atom is 0.347 e. The number of benzene rings is 2. The third-order valence-corrected chi connectivity index (χ3v) is 3.86. The van der Waals surface area contributed by atoms with Crippen LogP contribution in [0, 0.1) is 0 Å². The summed E-state index contributed by atoms with van der Waals surface area (Å²) in [5, 5.41) is 3.21. The topological polar surface area (TPSA) is 108 Å². The third-order valence-electron chi connectivity index (χ3n) is 3.33. The number of ether oxygens (including phenoxy) is 2. The van der Waals surface area contributed by atoms with Crippen molar-refractivity contribution in [2.24, 2.45) is 5.73 Å². The van der Waals surface area contributed by atoms with E-state index in [1.807, 2.05) is 0 Å². The van der Waals surface area contributed by atoms with Gasteiger partial charge in [0, 0.05) is 16.3 Å². The predicted octanol–water partition coefficient (Wildman–Crippen LogP) is 3.04. The summed E-state index contributed by atoms with van der Waals surface area (Å²) in [6, 6.07) is 10.5. The minimum atomic E-state index is -0.980. The Morgan fingerprint density at radius 1 is 1.11 bits per heavy atom. The minimum Gasteiger partial charge on any atom is -0.477 e. The van der Waals surface area contributed by atoms with Crippen LogP contribution in [0.15, 0.2) is 42.5 Å².